The van der Waals surface area contributed by atoms with Gasteiger partial charge in [0.15, 0.2) is 6.10 Å². The van der Waals surface area contributed by atoms with E-state index in [0.29, 0.717) is 25.9 Å². The molecule has 3 N–H and O–H groups in total. The number of hydrogen-bond acceptors (Lipinski definition) is 5. The second kappa shape index (κ2) is 9.70. The number of alkyl carbamates (subject to hydrolysis) is 1. The van der Waals surface area contributed by atoms with Gasteiger partial charge in [0, 0.05) is 12.5 Å². The zero-order valence-electron chi connectivity index (χ0n) is 19.5. The fourth-order valence-corrected chi connectivity index (χ4v) is 5.64. The van der Waals surface area contributed by atoms with E-state index >= 15 is 0 Å². The van der Waals surface area contributed by atoms with Crippen LogP contribution in [-0.2, 0) is 19.1 Å². The molecule has 5 rings (SSSR count). The van der Waals surface area contributed by atoms with Crippen LogP contribution in [0.5, 0.6) is 0 Å². The lowest BCUT2D eigenvalue weighted by Crippen LogP contribution is -2.60. The molecular formula is C27H30N2O6. The maximum atomic E-state index is 13.0. The molecule has 1 saturated heterocycles. The van der Waals surface area contributed by atoms with Gasteiger partial charge in [0.2, 0.25) is 0 Å². The molecule has 8 heteroatoms. The minimum atomic E-state index is -1.27. The van der Waals surface area contributed by atoms with Gasteiger partial charge in [-0.25, -0.2) is 9.59 Å². The smallest absolute Gasteiger partial charge is 0.407 e. The van der Waals surface area contributed by atoms with E-state index in [4.69, 9.17) is 9.47 Å². The van der Waals surface area contributed by atoms with E-state index in [1.165, 1.54) is 0 Å². The van der Waals surface area contributed by atoms with Crippen molar-refractivity contribution >= 4 is 18.0 Å². The zero-order valence-corrected chi connectivity index (χ0v) is 19.5. The monoisotopic (exact) mass is 478 g/mol. The fourth-order valence-electron chi connectivity index (χ4n) is 5.64. The molecule has 2 aromatic carbocycles. The predicted molar refractivity (Wildman–Crippen MR) is 128 cm³/mol. The van der Waals surface area contributed by atoms with E-state index in [1.54, 1.807) is 0 Å². The minimum absolute atomic E-state index is 0.0613. The molecule has 3 aliphatic rings. The van der Waals surface area contributed by atoms with Crippen molar-refractivity contribution in [3.05, 3.63) is 59.7 Å². The number of carboxylic acid groups (broad SMARTS) is 1. The van der Waals surface area contributed by atoms with Gasteiger partial charge in [-0.05, 0) is 41.5 Å². The number of amides is 2. The maximum absolute atomic E-state index is 13.0. The summed E-state index contributed by atoms with van der Waals surface area (Å²) in [6.07, 6.45) is 2.12. The van der Waals surface area contributed by atoms with Crippen molar-refractivity contribution in [2.75, 3.05) is 13.2 Å². The zero-order chi connectivity index (χ0) is 24.4. The summed E-state index contributed by atoms with van der Waals surface area (Å²) >= 11 is 0. The highest BCUT2D eigenvalue weighted by atomic mass is 16.6. The van der Waals surface area contributed by atoms with Gasteiger partial charge >= 0.3 is 12.1 Å². The van der Waals surface area contributed by atoms with Crippen LogP contribution in [0.1, 0.15) is 55.6 Å². The molecule has 184 valence electrons. The maximum Gasteiger partial charge on any atom is 0.407 e. The molecule has 0 aromatic heterocycles. The van der Waals surface area contributed by atoms with Gasteiger partial charge in [0.1, 0.15) is 12.1 Å². The molecule has 0 spiro atoms. The van der Waals surface area contributed by atoms with Crippen molar-refractivity contribution < 1.29 is 29.0 Å². The van der Waals surface area contributed by atoms with Gasteiger partial charge in [-0.2, -0.15) is 0 Å². The number of carbonyl (C=O) groups excluding carboxylic acids is 2. The van der Waals surface area contributed by atoms with E-state index in [9.17, 15) is 19.5 Å². The highest BCUT2D eigenvalue weighted by Gasteiger charge is 2.45. The second-order valence-corrected chi connectivity index (χ2v) is 9.59. The van der Waals surface area contributed by atoms with Gasteiger partial charge in [-0.15, -0.1) is 0 Å². The van der Waals surface area contributed by atoms with Crippen LogP contribution >= 0.6 is 0 Å². The number of rotatable bonds is 6. The normalized spacial score (nSPS) is 22.6. The van der Waals surface area contributed by atoms with Gasteiger partial charge in [0.25, 0.3) is 5.91 Å². The summed E-state index contributed by atoms with van der Waals surface area (Å²) in [5.74, 6) is -1.59. The Morgan fingerprint density at radius 3 is 2.23 bits per heavy atom. The van der Waals surface area contributed by atoms with Crippen molar-refractivity contribution in [2.24, 2.45) is 0 Å². The molecule has 2 amide bonds. The third-order valence-corrected chi connectivity index (χ3v) is 7.48. The molecule has 1 heterocycles. The summed E-state index contributed by atoms with van der Waals surface area (Å²) in [5.41, 5.74) is 3.26. The number of hydrogen-bond donors (Lipinski definition) is 3. The van der Waals surface area contributed by atoms with Crippen molar-refractivity contribution in [1.82, 2.24) is 10.6 Å². The number of carboxylic acids is 1. The Bertz CT molecular complexity index is 1080. The van der Waals surface area contributed by atoms with E-state index in [1.807, 2.05) is 24.3 Å². The van der Waals surface area contributed by atoms with Crippen LogP contribution in [0.3, 0.4) is 0 Å². The first-order chi connectivity index (χ1) is 17.0. The molecule has 35 heavy (non-hydrogen) atoms. The van der Waals surface area contributed by atoms with Crippen molar-refractivity contribution in [3.63, 3.8) is 0 Å². The fraction of sp³-hybridized carbons (Fsp3) is 0.444. The molecule has 1 aliphatic heterocycles. The van der Waals surface area contributed by atoms with Crippen molar-refractivity contribution in [1.29, 1.82) is 0 Å². The standard InChI is InChI=1S/C27H30N2O6/c30-24(29-27(25(31)32)13-6-1-7-14-27)23-22(12-15-34-23)28-26(33)35-16-21-19-10-4-2-8-17(19)18-9-3-5-11-20(18)21/h2-5,8-11,21-23H,1,6-7,12-16H2,(H,28,33)(H,29,30)(H,31,32)/t22-,23+/m0/s1. The lowest BCUT2D eigenvalue weighted by molar-refractivity contribution is -0.151. The summed E-state index contributed by atoms with van der Waals surface area (Å²) in [5, 5.41) is 15.2. The van der Waals surface area contributed by atoms with Crippen LogP contribution in [-0.4, -0.2) is 54.0 Å². The summed E-state index contributed by atoms with van der Waals surface area (Å²) in [6, 6.07) is 15.6. The number of aliphatic carboxylic acids is 1. The molecule has 2 aromatic rings. The molecule has 1 saturated carbocycles. The average Bonchev–Trinajstić information content (AvgIpc) is 3.46. The third-order valence-electron chi connectivity index (χ3n) is 7.48. The van der Waals surface area contributed by atoms with E-state index in [2.05, 4.69) is 34.9 Å². The lowest BCUT2D eigenvalue weighted by Gasteiger charge is -2.35. The highest BCUT2D eigenvalue weighted by Crippen LogP contribution is 2.44. The molecule has 2 aliphatic carbocycles. The van der Waals surface area contributed by atoms with Crippen LogP contribution in [0.2, 0.25) is 0 Å². The second-order valence-electron chi connectivity index (χ2n) is 9.59. The third kappa shape index (κ3) is 4.50. The van der Waals surface area contributed by atoms with Crippen LogP contribution < -0.4 is 10.6 Å². The Balaban J connectivity index is 1.21. The van der Waals surface area contributed by atoms with Gasteiger partial charge < -0.3 is 25.2 Å². The van der Waals surface area contributed by atoms with E-state index in [-0.39, 0.29) is 12.5 Å². The predicted octanol–water partition coefficient (Wildman–Crippen LogP) is 3.59. The van der Waals surface area contributed by atoms with Crippen LogP contribution in [0.4, 0.5) is 4.79 Å². The Morgan fingerprint density at radius 2 is 1.60 bits per heavy atom. The Labute approximate surface area is 204 Å². The molecule has 0 unspecified atom stereocenters. The molecule has 8 nitrogen and oxygen atoms in total. The van der Waals surface area contributed by atoms with Crippen LogP contribution in [0, 0.1) is 0 Å². The van der Waals surface area contributed by atoms with Gasteiger partial charge in [-0.1, -0.05) is 67.8 Å². The number of carbonyl (C=O) groups is 3. The molecule has 2 atom stereocenters. The number of nitrogens with one attached hydrogen (secondary N) is 2. The quantitative estimate of drug-likeness (QED) is 0.585. The summed E-state index contributed by atoms with van der Waals surface area (Å²) in [4.78, 5) is 37.6. The minimum Gasteiger partial charge on any atom is -0.480 e. The number of fused-ring (bicyclic) bond motifs is 3. The summed E-state index contributed by atoms with van der Waals surface area (Å²) < 4.78 is 11.2. The van der Waals surface area contributed by atoms with Crippen LogP contribution in [0.25, 0.3) is 11.1 Å². The first-order valence-corrected chi connectivity index (χ1v) is 12.3. The highest BCUT2D eigenvalue weighted by molar-refractivity contribution is 5.90. The Kier molecular flexibility index (Phi) is 6.47. The van der Waals surface area contributed by atoms with Gasteiger partial charge in [0.05, 0.1) is 6.04 Å². The van der Waals surface area contributed by atoms with E-state index in [0.717, 1.165) is 41.5 Å². The average molecular weight is 479 g/mol. The van der Waals surface area contributed by atoms with Crippen molar-refractivity contribution in [2.45, 2.75) is 62.1 Å². The Morgan fingerprint density at radius 1 is 0.971 bits per heavy atom. The number of benzene rings is 2. The van der Waals surface area contributed by atoms with E-state index < -0.39 is 35.7 Å². The van der Waals surface area contributed by atoms with Crippen LogP contribution in [0.15, 0.2) is 48.5 Å². The first-order valence-electron chi connectivity index (χ1n) is 12.3. The summed E-state index contributed by atoms with van der Waals surface area (Å²) in [7, 11) is 0. The molecule has 2 fully saturated rings. The first kappa shape index (κ1) is 23.4. The Hall–Kier alpha value is -3.39. The molecule has 0 bridgehead atoms. The topological polar surface area (TPSA) is 114 Å². The lowest BCUT2D eigenvalue weighted by atomic mass is 9.81. The molecule has 0 radical (unpaired) electrons. The molecular weight excluding hydrogens is 448 g/mol. The van der Waals surface area contributed by atoms with Gasteiger partial charge in [-0.3, -0.25) is 4.79 Å². The SMILES string of the molecule is O=C(N[C@H]1CCO[C@H]1C(=O)NC1(C(=O)O)CCCCC1)OCC1c2ccccc2-c2ccccc21. The van der Waals surface area contributed by atoms with Crippen molar-refractivity contribution in [3.8, 4) is 11.1 Å². The summed E-state index contributed by atoms with van der Waals surface area (Å²) in [6.45, 7) is 0.471. The number of ether oxygens (including phenoxy) is 2. The largest absolute Gasteiger partial charge is 0.480 e.